The Kier molecular flexibility index (Phi) is 7.82. The highest BCUT2D eigenvalue weighted by Gasteiger charge is 2.21. The van der Waals surface area contributed by atoms with E-state index in [1.54, 1.807) is 0 Å². The average molecular weight is 979 g/mol. The van der Waals surface area contributed by atoms with E-state index in [9.17, 15) is 0 Å². The van der Waals surface area contributed by atoms with Crippen LogP contribution in [0, 0.1) is 0 Å². The van der Waals surface area contributed by atoms with Crippen LogP contribution in [0.15, 0.2) is 255 Å². The summed E-state index contributed by atoms with van der Waals surface area (Å²) in [4.78, 5) is 0. The van der Waals surface area contributed by atoms with Crippen molar-refractivity contribution in [2.45, 2.75) is 0 Å². The third kappa shape index (κ3) is 5.24. The van der Waals surface area contributed by atoms with E-state index >= 15 is 0 Å². The molecule has 0 spiro atoms. The predicted molar refractivity (Wildman–Crippen MR) is 342 cm³/mol. The molecule has 19 aromatic rings. The van der Waals surface area contributed by atoms with E-state index in [-0.39, 0.29) is 0 Å². The lowest BCUT2D eigenvalue weighted by molar-refractivity contribution is 1.85. The Balaban J connectivity index is 1.09. The number of rotatable bonds is 0. The zero-order chi connectivity index (χ0) is 50.5. The zero-order valence-corrected chi connectivity index (χ0v) is 42.2. The summed E-state index contributed by atoms with van der Waals surface area (Å²) in [7, 11) is 0. The first-order chi connectivity index (χ1) is 38.7. The van der Waals surface area contributed by atoms with Crippen LogP contribution in [0.4, 0.5) is 0 Å². The van der Waals surface area contributed by atoms with Crippen LogP contribution in [0.2, 0.25) is 0 Å². The third-order valence-corrected chi connectivity index (χ3v) is 18.4. The van der Waals surface area contributed by atoms with Gasteiger partial charge in [0.1, 0.15) is 0 Å². The van der Waals surface area contributed by atoms with Crippen molar-refractivity contribution >= 4 is 194 Å². The van der Waals surface area contributed by atoms with Crippen LogP contribution >= 0.6 is 0 Å². The smallest absolute Gasteiger partial charge is 0.00137 e. The first-order valence-corrected chi connectivity index (χ1v) is 27.4. The largest absolute Gasteiger partial charge is 0.0616 e. The molecule has 0 aliphatic rings. The summed E-state index contributed by atoms with van der Waals surface area (Å²) in [5, 5.41) is 46.0. The molecular formula is C78H42. The van der Waals surface area contributed by atoms with Crippen molar-refractivity contribution in [1.29, 1.82) is 0 Å². The Morgan fingerprint density at radius 1 is 0.103 bits per heavy atom. The minimum absolute atomic E-state index is 1.22. The van der Waals surface area contributed by atoms with E-state index in [4.69, 9.17) is 0 Å². The highest BCUT2D eigenvalue weighted by atomic mass is 14.2. The maximum atomic E-state index is 2.50. The number of hydrogen-bond donors (Lipinski definition) is 0. The van der Waals surface area contributed by atoms with E-state index in [0.29, 0.717) is 0 Å². The monoisotopic (exact) mass is 978 g/mol. The van der Waals surface area contributed by atoms with Gasteiger partial charge in [0.05, 0.1) is 0 Å². The highest BCUT2D eigenvalue weighted by Crippen LogP contribution is 2.49. The molecule has 12 bridgehead atoms. The molecule has 0 saturated heterocycles. The summed E-state index contributed by atoms with van der Waals surface area (Å²) < 4.78 is 0. The molecule has 0 amide bonds. The lowest BCUT2D eigenvalue weighted by Gasteiger charge is -2.02. The van der Waals surface area contributed by atoms with Crippen LogP contribution in [0.1, 0.15) is 0 Å². The fourth-order valence-corrected chi connectivity index (χ4v) is 15.1. The van der Waals surface area contributed by atoms with Gasteiger partial charge in [0.25, 0.3) is 0 Å². The van der Waals surface area contributed by atoms with Gasteiger partial charge in [-0.05, 0) is 230 Å². The fraction of sp³-hybridized carbons (Fsp3) is 0. The van der Waals surface area contributed by atoms with Crippen molar-refractivity contribution < 1.29 is 0 Å². The molecule has 0 aromatic heterocycles. The second kappa shape index (κ2) is 14.8. The molecule has 0 nitrogen and oxygen atoms in total. The first kappa shape index (κ1) is 41.1. The van der Waals surface area contributed by atoms with Gasteiger partial charge in [-0.2, -0.15) is 0 Å². The Morgan fingerprint density at radius 3 is 0.385 bits per heavy atom. The van der Waals surface area contributed by atoms with Crippen LogP contribution in [0.5, 0.6) is 0 Å². The Labute approximate surface area is 446 Å². The van der Waals surface area contributed by atoms with Crippen LogP contribution in [0.25, 0.3) is 194 Å². The second-order valence-electron chi connectivity index (χ2n) is 22.1. The number of hydrogen-bond acceptors (Lipinski definition) is 0. The Bertz CT molecular complexity index is 5080. The molecule has 19 aromatic carbocycles. The van der Waals surface area contributed by atoms with Crippen molar-refractivity contribution in [3.05, 3.63) is 255 Å². The molecular weight excluding hydrogens is 937 g/mol. The van der Waals surface area contributed by atoms with Gasteiger partial charge in [0.15, 0.2) is 0 Å². The summed E-state index contributed by atoms with van der Waals surface area (Å²) in [5.74, 6) is 0. The quantitative estimate of drug-likeness (QED) is 0.142. The standard InChI is InChI=1S/C78H42/c1-7-19-61-49(13-1)55-31-25-43-37-67(55)73(61)74-62-20-8-2-14-50(62)56-32-27-45(38-68(56)74)46-28-34-58-52-16-5-11-23-65(52)77(70(58)40-46)78-66-24-12-6-18-54(66)60-36-30-48(42-72(60)78)47-29-35-59-53-17-4-10-22-64(53)76(71(59)41-47)75-63-21-9-3-15-51(63)57-33-26-44(43)39-69(57)75/h1-42H. The Morgan fingerprint density at radius 2 is 0.231 bits per heavy atom. The van der Waals surface area contributed by atoms with Crippen molar-refractivity contribution in [1.82, 2.24) is 0 Å². The predicted octanol–water partition coefficient (Wildman–Crippen LogP) is 22.4. The zero-order valence-electron chi connectivity index (χ0n) is 42.2. The van der Waals surface area contributed by atoms with Crippen molar-refractivity contribution in [2.75, 3.05) is 0 Å². The van der Waals surface area contributed by atoms with Gasteiger partial charge < -0.3 is 0 Å². The molecule has 0 heteroatoms. The molecule has 0 unspecified atom stereocenters. The summed E-state index contributed by atoms with van der Waals surface area (Å²) in [6, 6.07) is 98.0. The molecule has 0 aliphatic carbocycles. The maximum absolute atomic E-state index is 2.50. The van der Waals surface area contributed by atoms with E-state index in [2.05, 4.69) is 255 Å². The van der Waals surface area contributed by atoms with E-state index in [1.807, 2.05) is 0 Å². The molecule has 0 aliphatic heterocycles. The normalized spacial score (nSPS) is 12.6. The molecule has 354 valence electrons. The lowest BCUT2D eigenvalue weighted by atomic mass is 10.0. The minimum Gasteiger partial charge on any atom is -0.0616 e. The Hall–Kier alpha value is -10.1. The molecule has 0 heterocycles. The lowest BCUT2D eigenvalue weighted by Crippen LogP contribution is -1.75. The van der Waals surface area contributed by atoms with Gasteiger partial charge in [-0.25, -0.2) is 0 Å². The summed E-state index contributed by atoms with van der Waals surface area (Å²) in [6.45, 7) is 0. The summed E-state index contributed by atoms with van der Waals surface area (Å²) in [6.07, 6.45) is 0. The molecule has 0 saturated carbocycles. The number of fused-ring (bicyclic) bond motifs is 30. The molecule has 78 heavy (non-hydrogen) atoms. The maximum Gasteiger partial charge on any atom is -0.00137 e. The number of benzene rings is 12. The topological polar surface area (TPSA) is 0 Å². The van der Waals surface area contributed by atoms with Gasteiger partial charge in [0, 0.05) is 0 Å². The van der Waals surface area contributed by atoms with Gasteiger partial charge in [0.2, 0.25) is 0 Å². The molecule has 0 radical (unpaired) electrons. The summed E-state index contributed by atoms with van der Waals surface area (Å²) >= 11 is 0. The van der Waals surface area contributed by atoms with Gasteiger partial charge in [-0.3, -0.25) is 0 Å². The van der Waals surface area contributed by atoms with Crippen molar-refractivity contribution in [3.63, 3.8) is 0 Å². The van der Waals surface area contributed by atoms with Crippen LogP contribution < -0.4 is 0 Å². The van der Waals surface area contributed by atoms with Crippen LogP contribution in [0.3, 0.4) is 0 Å². The summed E-state index contributed by atoms with van der Waals surface area (Å²) in [5.41, 5.74) is 0. The SMILES string of the molecule is c1ccc2c(c1)c1ccc3cc1c2c1c2ccccc2c2ccc(cc21)c1ccc2c4ccccc4c(c2c1)c1c2ccccc2c2ccc(cc21)c1ccc2c4ccccc4c(c2c1)c1c2ccccc2c2ccc3cc21. The molecule has 19 rings (SSSR count). The van der Waals surface area contributed by atoms with Crippen molar-refractivity contribution in [2.24, 2.45) is 0 Å². The van der Waals surface area contributed by atoms with Gasteiger partial charge in [-0.15, -0.1) is 0 Å². The third-order valence-electron chi connectivity index (χ3n) is 18.4. The van der Waals surface area contributed by atoms with Gasteiger partial charge >= 0.3 is 0 Å². The highest BCUT2D eigenvalue weighted by molar-refractivity contribution is 6.44. The van der Waals surface area contributed by atoms with Crippen LogP contribution in [-0.4, -0.2) is 0 Å². The average Bonchev–Trinajstić information content (AvgIpc) is 4.53. The van der Waals surface area contributed by atoms with Crippen molar-refractivity contribution in [3.8, 4) is 0 Å². The van der Waals surface area contributed by atoms with Crippen LogP contribution in [-0.2, 0) is 0 Å². The minimum atomic E-state index is 1.22. The molecule has 0 fully saturated rings. The second-order valence-corrected chi connectivity index (χ2v) is 22.1. The van der Waals surface area contributed by atoms with E-state index in [0.717, 1.165) is 0 Å². The first-order valence-electron chi connectivity index (χ1n) is 27.4. The van der Waals surface area contributed by atoms with Gasteiger partial charge in [-0.1, -0.05) is 218 Å². The fourth-order valence-electron chi connectivity index (χ4n) is 15.1. The molecule has 0 N–H and O–H groups in total. The van der Waals surface area contributed by atoms with E-state index < -0.39 is 0 Å². The van der Waals surface area contributed by atoms with E-state index in [1.165, 1.54) is 194 Å². The molecule has 0 atom stereocenters.